The van der Waals surface area contributed by atoms with Gasteiger partial charge in [0.1, 0.15) is 12.6 Å². The number of anilines is 1. The van der Waals surface area contributed by atoms with Crippen LogP contribution in [0.5, 0.6) is 0 Å². The van der Waals surface area contributed by atoms with Crippen molar-refractivity contribution in [2.24, 2.45) is 0 Å². The van der Waals surface area contributed by atoms with Crippen molar-refractivity contribution in [3.05, 3.63) is 112 Å². The van der Waals surface area contributed by atoms with E-state index in [9.17, 15) is 18.0 Å². The Morgan fingerprint density at radius 2 is 1.43 bits per heavy atom. The maximum absolute atomic E-state index is 14.3. The summed E-state index contributed by atoms with van der Waals surface area (Å²) in [5.41, 5.74) is 1.66. The molecule has 4 rings (SSSR count). The van der Waals surface area contributed by atoms with Gasteiger partial charge in [0.25, 0.3) is 0 Å². The lowest BCUT2D eigenvalue weighted by Gasteiger charge is -2.34. The number of hydrogen-bond acceptors (Lipinski definition) is 4. The quantitative estimate of drug-likeness (QED) is 0.219. The number of carbonyl (C=O) groups excluding carboxylic acids is 2. The number of benzene rings is 4. The van der Waals surface area contributed by atoms with Crippen molar-refractivity contribution in [2.75, 3.05) is 17.1 Å². The molecule has 0 spiro atoms. The Hall–Kier alpha value is -3.59. The highest BCUT2D eigenvalue weighted by Gasteiger charge is 2.34. The molecule has 0 saturated heterocycles. The molecule has 42 heavy (non-hydrogen) atoms. The van der Waals surface area contributed by atoms with E-state index in [4.69, 9.17) is 23.2 Å². The normalized spacial score (nSPS) is 12.2. The summed E-state index contributed by atoms with van der Waals surface area (Å²) in [6, 6.07) is 25.8. The fourth-order valence-electron chi connectivity index (χ4n) is 4.81. The second kappa shape index (κ2) is 13.6. The molecule has 10 heteroatoms. The molecule has 1 atom stereocenters. The summed E-state index contributed by atoms with van der Waals surface area (Å²) in [5, 5.41) is 5.09. The number of carbonyl (C=O) groups is 2. The first kappa shape index (κ1) is 31.3. The third kappa shape index (κ3) is 7.62. The molecule has 0 radical (unpaired) electrons. The first-order chi connectivity index (χ1) is 20.0. The lowest BCUT2D eigenvalue weighted by Crippen LogP contribution is -2.54. The Balaban J connectivity index is 1.82. The van der Waals surface area contributed by atoms with Gasteiger partial charge < -0.3 is 10.2 Å². The molecule has 0 fully saturated rings. The average molecular weight is 627 g/mol. The van der Waals surface area contributed by atoms with Gasteiger partial charge in [0.2, 0.25) is 21.8 Å². The van der Waals surface area contributed by atoms with E-state index in [0.29, 0.717) is 26.7 Å². The Labute approximate surface area is 257 Å². The molecule has 0 unspecified atom stereocenters. The summed E-state index contributed by atoms with van der Waals surface area (Å²) < 4.78 is 27.4. The van der Waals surface area contributed by atoms with Crippen molar-refractivity contribution in [1.82, 2.24) is 10.2 Å². The fourth-order valence-corrected chi connectivity index (χ4v) is 6.19. The van der Waals surface area contributed by atoms with Crippen LogP contribution in [0.2, 0.25) is 10.0 Å². The van der Waals surface area contributed by atoms with Gasteiger partial charge in [-0.15, -0.1) is 0 Å². The van der Waals surface area contributed by atoms with E-state index in [-0.39, 0.29) is 24.9 Å². The van der Waals surface area contributed by atoms with Crippen LogP contribution < -0.4 is 9.62 Å². The molecule has 0 heterocycles. The van der Waals surface area contributed by atoms with Crippen LogP contribution >= 0.6 is 23.2 Å². The Bertz CT molecular complexity index is 1650. The van der Waals surface area contributed by atoms with Gasteiger partial charge in [-0.05, 0) is 43.0 Å². The number of sulfonamides is 1. The molecule has 1 N–H and O–H groups in total. The zero-order valence-electron chi connectivity index (χ0n) is 23.6. The van der Waals surface area contributed by atoms with Crippen LogP contribution in [0.4, 0.5) is 5.69 Å². The van der Waals surface area contributed by atoms with E-state index in [1.54, 1.807) is 30.3 Å². The van der Waals surface area contributed by atoms with E-state index in [0.717, 1.165) is 21.5 Å². The average Bonchev–Trinajstić information content (AvgIpc) is 2.94. The fraction of sp³-hybridized carbons (Fsp3) is 0.250. The molecular weight excluding hydrogens is 593 g/mol. The monoisotopic (exact) mass is 625 g/mol. The highest BCUT2D eigenvalue weighted by Crippen LogP contribution is 2.30. The molecular formula is C32H33Cl2N3O4S. The number of amides is 2. The maximum atomic E-state index is 14.3. The van der Waals surface area contributed by atoms with Crippen LogP contribution in [0.15, 0.2) is 91.0 Å². The molecule has 0 aliphatic heterocycles. The topological polar surface area (TPSA) is 86.8 Å². The largest absolute Gasteiger partial charge is 0.352 e. The number of halogens is 2. The molecule has 2 amide bonds. The summed E-state index contributed by atoms with van der Waals surface area (Å²) >= 11 is 13.0. The van der Waals surface area contributed by atoms with Gasteiger partial charge >= 0.3 is 0 Å². The van der Waals surface area contributed by atoms with Gasteiger partial charge in [-0.1, -0.05) is 96.0 Å². The summed E-state index contributed by atoms with van der Waals surface area (Å²) in [6.45, 7) is 3.03. The third-order valence-electron chi connectivity index (χ3n) is 6.81. The van der Waals surface area contributed by atoms with Gasteiger partial charge in [-0.2, -0.15) is 0 Å². The van der Waals surface area contributed by atoms with Crippen LogP contribution in [-0.2, 0) is 32.6 Å². The molecule has 0 saturated carbocycles. The minimum atomic E-state index is -3.92. The van der Waals surface area contributed by atoms with E-state index in [2.05, 4.69) is 5.32 Å². The van der Waals surface area contributed by atoms with Gasteiger partial charge in [0, 0.05) is 40.0 Å². The molecule has 4 aromatic rings. The lowest BCUT2D eigenvalue weighted by molar-refractivity contribution is -0.140. The minimum absolute atomic E-state index is 0.104. The van der Waals surface area contributed by atoms with Crippen molar-refractivity contribution in [2.45, 2.75) is 38.9 Å². The standard InChI is InChI=1S/C32H33Cl2N3O4S/c1-22(2)35-32(39)30(19-23-11-5-4-6-12-23)36(20-26-27(33)16-10-17-28(26)34)31(38)21-37(42(3,40)41)29-18-9-14-24-13-7-8-15-25(24)29/h4-18,22,30H,19-21H2,1-3H3,(H,35,39)/t30-/m0/s1. The van der Waals surface area contributed by atoms with Crippen LogP contribution in [0.1, 0.15) is 25.0 Å². The lowest BCUT2D eigenvalue weighted by atomic mass is 10.0. The molecule has 7 nitrogen and oxygen atoms in total. The SMILES string of the molecule is CC(C)NC(=O)[C@H](Cc1ccccc1)N(Cc1c(Cl)cccc1Cl)C(=O)CN(c1cccc2ccccc12)S(C)(=O)=O. The zero-order chi connectivity index (χ0) is 30.4. The summed E-state index contributed by atoms with van der Waals surface area (Å²) in [6.07, 6.45) is 1.25. The van der Waals surface area contributed by atoms with Gasteiger partial charge in [0.15, 0.2) is 0 Å². The van der Waals surface area contributed by atoms with E-state index in [1.807, 2.05) is 74.5 Å². The van der Waals surface area contributed by atoms with Crippen LogP contribution in [0, 0.1) is 0 Å². The summed E-state index contributed by atoms with van der Waals surface area (Å²) in [4.78, 5) is 29.4. The third-order valence-corrected chi connectivity index (χ3v) is 8.64. The number of nitrogens with zero attached hydrogens (tertiary/aromatic N) is 2. The van der Waals surface area contributed by atoms with Crippen molar-refractivity contribution in [3.63, 3.8) is 0 Å². The van der Waals surface area contributed by atoms with E-state index in [1.165, 1.54) is 4.90 Å². The number of hydrogen-bond donors (Lipinski definition) is 1. The van der Waals surface area contributed by atoms with Gasteiger partial charge in [-0.25, -0.2) is 8.42 Å². The van der Waals surface area contributed by atoms with Crippen molar-refractivity contribution in [1.29, 1.82) is 0 Å². The van der Waals surface area contributed by atoms with Crippen LogP contribution in [0.3, 0.4) is 0 Å². The van der Waals surface area contributed by atoms with Crippen molar-refractivity contribution >= 4 is 61.5 Å². The Morgan fingerprint density at radius 1 is 0.833 bits per heavy atom. The molecule has 0 aliphatic carbocycles. The second-order valence-corrected chi connectivity index (χ2v) is 13.1. The van der Waals surface area contributed by atoms with Gasteiger partial charge in [-0.3, -0.25) is 13.9 Å². The number of rotatable bonds is 11. The first-order valence-corrected chi connectivity index (χ1v) is 16.1. The second-order valence-electron chi connectivity index (χ2n) is 10.4. The maximum Gasteiger partial charge on any atom is 0.244 e. The predicted octanol–water partition coefficient (Wildman–Crippen LogP) is 6.08. The molecule has 220 valence electrons. The summed E-state index contributed by atoms with van der Waals surface area (Å²) in [5.74, 6) is -0.953. The first-order valence-electron chi connectivity index (χ1n) is 13.5. The minimum Gasteiger partial charge on any atom is -0.352 e. The molecule has 0 aliphatic rings. The molecule has 0 bridgehead atoms. The highest BCUT2D eigenvalue weighted by atomic mass is 35.5. The number of nitrogens with one attached hydrogen (secondary N) is 1. The highest BCUT2D eigenvalue weighted by molar-refractivity contribution is 7.92. The molecule has 0 aromatic heterocycles. The number of fused-ring (bicyclic) bond motifs is 1. The predicted molar refractivity (Wildman–Crippen MR) is 170 cm³/mol. The molecule has 4 aromatic carbocycles. The van der Waals surface area contributed by atoms with Crippen molar-refractivity contribution in [3.8, 4) is 0 Å². The van der Waals surface area contributed by atoms with Gasteiger partial charge in [0.05, 0.1) is 11.9 Å². The Morgan fingerprint density at radius 3 is 2.07 bits per heavy atom. The van der Waals surface area contributed by atoms with Crippen molar-refractivity contribution < 1.29 is 18.0 Å². The van der Waals surface area contributed by atoms with E-state index >= 15 is 0 Å². The van der Waals surface area contributed by atoms with Crippen LogP contribution in [-0.4, -0.2) is 50.0 Å². The summed E-state index contributed by atoms with van der Waals surface area (Å²) in [7, 11) is -3.92. The smallest absolute Gasteiger partial charge is 0.244 e. The van der Waals surface area contributed by atoms with Crippen LogP contribution in [0.25, 0.3) is 10.8 Å². The van der Waals surface area contributed by atoms with E-state index < -0.39 is 28.5 Å². The zero-order valence-corrected chi connectivity index (χ0v) is 26.0. The Kier molecular flexibility index (Phi) is 10.1.